The van der Waals surface area contributed by atoms with E-state index in [9.17, 15) is 14.0 Å². The lowest BCUT2D eigenvalue weighted by Gasteiger charge is -2.36. The van der Waals surface area contributed by atoms with Crippen LogP contribution in [-0.4, -0.2) is 59.7 Å². The Morgan fingerprint density at radius 3 is 2.46 bits per heavy atom. The van der Waals surface area contributed by atoms with Crippen LogP contribution in [0.2, 0.25) is 0 Å². The second-order valence-electron chi connectivity index (χ2n) is 7.14. The monoisotopic (exact) mass is 335 g/mol. The molecule has 0 unspecified atom stereocenters. The molecule has 0 aliphatic carbocycles. The van der Waals surface area contributed by atoms with Crippen LogP contribution in [0.15, 0.2) is 24.3 Å². The highest BCUT2D eigenvalue weighted by molar-refractivity contribution is 5.94. The number of rotatable bonds is 1. The van der Waals surface area contributed by atoms with Crippen LogP contribution in [0.1, 0.15) is 20.8 Å². The van der Waals surface area contributed by atoms with Gasteiger partial charge in [-0.1, -0.05) is 0 Å². The van der Waals surface area contributed by atoms with E-state index in [-0.39, 0.29) is 24.0 Å². The van der Waals surface area contributed by atoms with Gasteiger partial charge in [-0.3, -0.25) is 4.90 Å². The molecule has 3 amide bonds. The van der Waals surface area contributed by atoms with E-state index in [1.54, 1.807) is 26.8 Å². The van der Waals surface area contributed by atoms with Gasteiger partial charge in [0, 0.05) is 31.9 Å². The number of piperazine rings is 1. The lowest BCUT2D eigenvalue weighted by atomic mass is 10.2. The number of hydrogen-bond acceptors (Lipinski definition) is 3. The maximum absolute atomic E-state index is 13.1. The Balaban J connectivity index is 1.69. The number of fused-ring (bicyclic) bond motifs is 1. The van der Waals surface area contributed by atoms with Crippen molar-refractivity contribution in [1.82, 2.24) is 9.80 Å². The number of ether oxygens (including phenoxy) is 1. The number of carbonyl (C=O) groups excluding carboxylic acids is 2. The molecule has 130 valence electrons. The molecule has 2 aliphatic rings. The van der Waals surface area contributed by atoms with Gasteiger partial charge in [0.05, 0.1) is 6.04 Å². The van der Waals surface area contributed by atoms with E-state index in [4.69, 9.17) is 4.74 Å². The summed E-state index contributed by atoms with van der Waals surface area (Å²) < 4.78 is 18.5. The number of benzene rings is 1. The Morgan fingerprint density at radius 2 is 1.83 bits per heavy atom. The predicted molar refractivity (Wildman–Crippen MR) is 87.4 cm³/mol. The van der Waals surface area contributed by atoms with Gasteiger partial charge in [0.25, 0.3) is 0 Å². The molecule has 6 nitrogen and oxygen atoms in total. The average molecular weight is 335 g/mol. The van der Waals surface area contributed by atoms with Gasteiger partial charge in [-0.2, -0.15) is 0 Å². The van der Waals surface area contributed by atoms with Gasteiger partial charge in [-0.15, -0.1) is 0 Å². The maximum atomic E-state index is 13.1. The number of carbonyl (C=O) groups is 2. The van der Waals surface area contributed by atoms with E-state index >= 15 is 0 Å². The van der Waals surface area contributed by atoms with Crippen molar-refractivity contribution in [3.63, 3.8) is 0 Å². The van der Waals surface area contributed by atoms with Gasteiger partial charge in [0.15, 0.2) is 0 Å². The van der Waals surface area contributed by atoms with E-state index in [1.165, 1.54) is 12.1 Å². The first-order chi connectivity index (χ1) is 11.2. The summed E-state index contributed by atoms with van der Waals surface area (Å²) >= 11 is 0. The maximum Gasteiger partial charge on any atom is 0.410 e. The molecule has 2 aliphatic heterocycles. The SMILES string of the molecule is CC(C)(C)OC(=O)N1CCN2C(=O)N(c3ccc(F)cc3)C[C@@H]2C1. The zero-order chi connectivity index (χ0) is 17.5. The highest BCUT2D eigenvalue weighted by Crippen LogP contribution is 2.27. The summed E-state index contributed by atoms with van der Waals surface area (Å²) in [6.45, 7) is 7.33. The summed E-state index contributed by atoms with van der Waals surface area (Å²) in [5.41, 5.74) is 0.125. The fourth-order valence-electron chi connectivity index (χ4n) is 3.04. The Kier molecular flexibility index (Phi) is 4.11. The normalized spacial score (nSPS) is 21.1. The van der Waals surface area contributed by atoms with E-state index in [2.05, 4.69) is 0 Å². The minimum atomic E-state index is -0.542. The van der Waals surface area contributed by atoms with E-state index in [1.807, 2.05) is 20.8 Å². The molecular formula is C17H22FN3O3. The van der Waals surface area contributed by atoms with Crippen LogP contribution in [0.5, 0.6) is 0 Å². The smallest absolute Gasteiger partial charge is 0.410 e. The van der Waals surface area contributed by atoms with E-state index in [0.29, 0.717) is 31.9 Å². The Hall–Kier alpha value is -2.31. The third-order valence-corrected chi connectivity index (χ3v) is 4.14. The van der Waals surface area contributed by atoms with Crippen LogP contribution < -0.4 is 4.90 Å². The fourth-order valence-corrected chi connectivity index (χ4v) is 3.04. The fraction of sp³-hybridized carbons (Fsp3) is 0.529. The van der Waals surface area contributed by atoms with Gasteiger partial charge < -0.3 is 14.5 Å². The minimum absolute atomic E-state index is 0.0798. The van der Waals surface area contributed by atoms with E-state index < -0.39 is 5.60 Å². The molecule has 0 N–H and O–H groups in total. The quantitative estimate of drug-likeness (QED) is 0.793. The molecular weight excluding hydrogens is 313 g/mol. The average Bonchev–Trinajstić information content (AvgIpc) is 2.83. The van der Waals surface area contributed by atoms with Crippen molar-refractivity contribution in [1.29, 1.82) is 0 Å². The van der Waals surface area contributed by atoms with Crippen LogP contribution in [-0.2, 0) is 4.74 Å². The third-order valence-electron chi connectivity index (χ3n) is 4.14. The lowest BCUT2D eigenvalue weighted by Crippen LogP contribution is -2.54. The molecule has 0 radical (unpaired) electrons. The number of halogens is 1. The molecule has 2 saturated heterocycles. The van der Waals surface area contributed by atoms with Crippen molar-refractivity contribution in [2.45, 2.75) is 32.4 Å². The molecule has 2 fully saturated rings. The largest absolute Gasteiger partial charge is 0.444 e. The molecule has 2 heterocycles. The number of anilines is 1. The summed E-state index contributed by atoms with van der Waals surface area (Å²) in [6, 6.07) is 5.69. The molecule has 1 aromatic carbocycles. The Labute approximate surface area is 140 Å². The molecule has 0 bridgehead atoms. The van der Waals surface area contributed by atoms with Crippen LogP contribution in [0, 0.1) is 5.82 Å². The molecule has 1 aromatic rings. The number of hydrogen-bond donors (Lipinski definition) is 0. The van der Waals surface area contributed by atoms with E-state index in [0.717, 1.165) is 0 Å². The zero-order valence-corrected chi connectivity index (χ0v) is 14.2. The molecule has 7 heteroatoms. The molecule has 0 aromatic heterocycles. The van der Waals surface area contributed by atoms with Crippen molar-refractivity contribution in [2.24, 2.45) is 0 Å². The van der Waals surface area contributed by atoms with Gasteiger partial charge in [-0.05, 0) is 45.0 Å². The Morgan fingerprint density at radius 1 is 1.17 bits per heavy atom. The van der Waals surface area contributed by atoms with Crippen LogP contribution >= 0.6 is 0 Å². The van der Waals surface area contributed by atoms with Gasteiger partial charge in [0.2, 0.25) is 0 Å². The molecule has 24 heavy (non-hydrogen) atoms. The molecule has 3 rings (SSSR count). The zero-order valence-electron chi connectivity index (χ0n) is 14.2. The first kappa shape index (κ1) is 16.5. The first-order valence-electron chi connectivity index (χ1n) is 8.06. The number of nitrogens with zero attached hydrogens (tertiary/aromatic N) is 3. The van der Waals surface area contributed by atoms with Crippen LogP contribution in [0.4, 0.5) is 19.7 Å². The summed E-state index contributed by atoms with van der Waals surface area (Å²) in [5.74, 6) is -0.334. The van der Waals surface area contributed by atoms with Crippen molar-refractivity contribution >= 4 is 17.8 Å². The highest BCUT2D eigenvalue weighted by Gasteiger charge is 2.42. The van der Waals surface area contributed by atoms with Gasteiger partial charge >= 0.3 is 12.1 Å². The minimum Gasteiger partial charge on any atom is -0.444 e. The summed E-state index contributed by atoms with van der Waals surface area (Å²) in [7, 11) is 0. The third kappa shape index (κ3) is 3.29. The highest BCUT2D eigenvalue weighted by atomic mass is 19.1. The molecule has 0 saturated carbocycles. The van der Waals surface area contributed by atoms with Crippen molar-refractivity contribution in [3.8, 4) is 0 Å². The van der Waals surface area contributed by atoms with Gasteiger partial charge in [0.1, 0.15) is 11.4 Å². The summed E-state index contributed by atoms with van der Waals surface area (Å²) in [4.78, 5) is 29.8. The molecule has 1 atom stereocenters. The second kappa shape index (κ2) is 5.96. The number of urea groups is 1. The van der Waals surface area contributed by atoms with Crippen LogP contribution in [0.3, 0.4) is 0 Å². The van der Waals surface area contributed by atoms with Crippen molar-refractivity contribution in [3.05, 3.63) is 30.1 Å². The first-order valence-corrected chi connectivity index (χ1v) is 8.06. The topological polar surface area (TPSA) is 53.1 Å². The van der Waals surface area contributed by atoms with Crippen molar-refractivity contribution < 1.29 is 18.7 Å². The van der Waals surface area contributed by atoms with Gasteiger partial charge in [-0.25, -0.2) is 14.0 Å². The number of amides is 3. The lowest BCUT2D eigenvalue weighted by molar-refractivity contribution is 0.0128. The summed E-state index contributed by atoms with van der Waals surface area (Å²) in [5, 5.41) is 0. The van der Waals surface area contributed by atoms with Crippen LogP contribution in [0.25, 0.3) is 0 Å². The Bertz CT molecular complexity index is 641. The molecule has 0 spiro atoms. The standard InChI is InChI=1S/C17H22FN3O3/c1-17(2,3)24-16(23)19-8-9-20-14(10-19)11-21(15(20)22)13-6-4-12(18)5-7-13/h4-7,14H,8-11H2,1-3H3/t14-/m0/s1. The predicted octanol–water partition coefficient (Wildman–Crippen LogP) is 2.69. The second-order valence-corrected chi connectivity index (χ2v) is 7.14. The summed E-state index contributed by atoms with van der Waals surface area (Å²) in [6.07, 6.45) is -0.352. The van der Waals surface area contributed by atoms with Crippen molar-refractivity contribution in [2.75, 3.05) is 31.1 Å².